The largest absolute Gasteiger partial charge is 0.480 e. The standard InChI is InChI=1S/C11H14N2O6S/c1-7(2)10(11(14)15)12-20(18,19)9-6-4-3-5-8(9)13(16)17/h3-7,10,12H,1-2H3,(H,14,15). The summed E-state index contributed by atoms with van der Waals surface area (Å²) in [6.45, 7) is 3.06. The number of benzene rings is 1. The van der Waals surface area contributed by atoms with Crippen molar-refractivity contribution in [2.24, 2.45) is 5.92 Å². The zero-order chi connectivity index (χ0) is 15.5. The Kier molecular flexibility index (Phi) is 4.79. The topological polar surface area (TPSA) is 127 Å². The molecule has 0 fully saturated rings. The predicted molar refractivity (Wildman–Crippen MR) is 69.7 cm³/mol. The van der Waals surface area contributed by atoms with Crippen LogP contribution in [-0.4, -0.2) is 30.5 Å². The van der Waals surface area contributed by atoms with E-state index < -0.39 is 43.5 Å². The lowest BCUT2D eigenvalue weighted by atomic mass is 10.1. The molecule has 110 valence electrons. The minimum atomic E-state index is -4.30. The van der Waals surface area contributed by atoms with Gasteiger partial charge in [-0.05, 0) is 12.0 Å². The normalized spacial score (nSPS) is 13.2. The van der Waals surface area contributed by atoms with Crippen LogP contribution in [0, 0.1) is 16.0 Å². The number of hydrogen-bond acceptors (Lipinski definition) is 5. The maximum absolute atomic E-state index is 12.1. The molecule has 2 N–H and O–H groups in total. The molecular formula is C11H14N2O6S. The van der Waals surface area contributed by atoms with Crippen LogP contribution in [0.4, 0.5) is 5.69 Å². The number of carboxylic acids is 1. The Morgan fingerprint density at radius 2 is 1.90 bits per heavy atom. The molecule has 0 amide bonds. The van der Waals surface area contributed by atoms with Gasteiger partial charge in [0.1, 0.15) is 6.04 Å². The van der Waals surface area contributed by atoms with E-state index >= 15 is 0 Å². The molecule has 1 unspecified atom stereocenters. The van der Waals surface area contributed by atoms with E-state index in [0.717, 1.165) is 12.1 Å². The summed E-state index contributed by atoms with van der Waals surface area (Å²) in [5, 5.41) is 19.8. The Hall–Kier alpha value is -2.00. The van der Waals surface area contributed by atoms with E-state index in [-0.39, 0.29) is 0 Å². The summed E-state index contributed by atoms with van der Waals surface area (Å²) < 4.78 is 26.2. The molecule has 20 heavy (non-hydrogen) atoms. The van der Waals surface area contributed by atoms with Crippen LogP contribution in [0.2, 0.25) is 0 Å². The van der Waals surface area contributed by atoms with Crippen molar-refractivity contribution in [3.05, 3.63) is 34.4 Å². The second-order valence-electron chi connectivity index (χ2n) is 4.41. The molecule has 0 aliphatic heterocycles. The second-order valence-corrected chi connectivity index (χ2v) is 6.09. The molecule has 0 saturated carbocycles. The minimum absolute atomic E-state index is 0.509. The van der Waals surface area contributed by atoms with Crippen LogP contribution in [0.1, 0.15) is 13.8 Å². The summed E-state index contributed by atoms with van der Waals surface area (Å²) >= 11 is 0. The Labute approximate surface area is 115 Å². The van der Waals surface area contributed by atoms with Gasteiger partial charge in [0, 0.05) is 6.07 Å². The highest BCUT2D eigenvalue weighted by molar-refractivity contribution is 7.89. The van der Waals surface area contributed by atoms with Crippen LogP contribution in [0.5, 0.6) is 0 Å². The number of rotatable bonds is 6. The first-order chi connectivity index (χ1) is 9.16. The molecule has 0 aliphatic carbocycles. The molecule has 0 aliphatic rings. The third-order valence-electron chi connectivity index (χ3n) is 2.57. The average Bonchev–Trinajstić information content (AvgIpc) is 2.35. The van der Waals surface area contributed by atoms with Crippen LogP contribution in [0.15, 0.2) is 29.2 Å². The van der Waals surface area contributed by atoms with Crippen molar-refractivity contribution in [3.8, 4) is 0 Å². The lowest BCUT2D eigenvalue weighted by Gasteiger charge is -2.17. The van der Waals surface area contributed by atoms with E-state index in [1.54, 1.807) is 0 Å². The Balaban J connectivity index is 3.24. The summed E-state index contributed by atoms with van der Waals surface area (Å²) in [5.41, 5.74) is -0.604. The van der Waals surface area contributed by atoms with Gasteiger partial charge in [0.2, 0.25) is 10.0 Å². The van der Waals surface area contributed by atoms with E-state index in [1.165, 1.54) is 26.0 Å². The molecule has 0 radical (unpaired) electrons. The van der Waals surface area contributed by atoms with E-state index in [9.17, 15) is 23.3 Å². The van der Waals surface area contributed by atoms with Gasteiger partial charge in [-0.2, -0.15) is 4.72 Å². The van der Waals surface area contributed by atoms with Gasteiger partial charge in [0.25, 0.3) is 5.69 Å². The predicted octanol–water partition coefficient (Wildman–Crippen LogP) is 0.982. The lowest BCUT2D eigenvalue weighted by Crippen LogP contribution is -2.44. The smallest absolute Gasteiger partial charge is 0.322 e. The molecule has 0 aromatic heterocycles. The number of nitrogens with one attached hydrogen (secondary N) is 1. The van der Waals surface area contributed by atoms with Crippen molar-refractivity contribution < 1.29 is 23.2 Å². The molecule has 0 spiro atoms. The molecule has 1 rings (SSSR count). The van der Waals surface area contributed by atoms with Gasteiger partial charge in [0.15, 0.2) is 4.90 Å². The van der Waals surface area contributed by atoms with Gasteiger partial charge in [-0.25, -0.2) is 8.42 Å². The fraction of sp³-hybridized carbons (Fsp3) is 0.364. The fourth-order valence-electron chi connectivity index (χ4n) is 1.54. The number of hydrogen-bond donors (Lipinski definition) is 2. The number of nitrogens with zero attached hydrogens (tertiary/aromatic N) is 1. The fourth-order valence-corrected chi connectivity index (χ4v) is 3.05. The number of nitro benzene ring substituents is 1. The monoisotopic (exact) mass is 302 g/mol. The molecule has 1 atom stereocenters. The van der Waals surface area contributed by atoms with Crippen LogP contribution in [-0.2, 0) is 14.8 Å². The lowest BCUT2D eigenvalue weighted by molar-refractivity contribution is -0.387. The average molecular weight is 302 g/mol. The van der Waals surface area contributed by atoms with Crippen molar-refractivity contribution in [2.75, 3.05) is 0 Å². The highest BCUT2D eigenvalue weighted by Crippen LogP contribution is 2.23. The molecular weight excluding hydrogens is 288 g/mol. The first-order valence-electron chi connectivity index (χ1n) is 5.65. The summed E-state index contributed by atoms with van der Waals surface area (Å²) in [4.78, 5) is 20.4. The number of sulfonamides is 1. The van der Waals surface area contributed by atoms with Gasteiger partial charge in [-0.15, -0.1) is 0 Å². The zero-order valence-electron chi connectivity index (χ0n) is 10.8. The van der Waals surface area contributed by atoms with Gasteiger partial charge in [-0.3, -0.25) is 14.9 Å². The SMILES string of the molecule is CC(C)C(NS(=O)(=O)c1ccccc1[N+](=O)[O-])C(=O)O. The molecule has 1 aromatic carbocycles. The Morgan fingerprint density at radius 1 is 1.35 bits per heavy atom. The van der Waals surface area contributed by atoms with Crippen LogP contribution in [0.3, 0.4) is 0 Å². The van der Waals surface area contributed by atoms with Gasteiger partial charge in [0.05, 0.1) is 4.92 Å². The maximum Gasteiger partial charge on any atom is 0.322 e. The maximum atomic E-state index is 12.1. The molecule has 0 bridgehead atoms. The van der Waals surface area contributed by atoms with Crippen LogP contribution in [0.25, 0.3) is 0 Å². The molecule has 0 saturated heterocycles. The second kappa shape index (κ2) is 5.97. The van der Waals surface area contributed by atoms with Crippen molar-refractivity contribution in [2.45, 2.75) is 24.8 Å². The van der Waals surface area contributed by atoms with Crippen LogP contribution >= 0.6 is 0 Å². The van der Waals surface area contributed by atoms with E-state index in [1.807, 2.05) is 4.72 Å². The number of nitro groups is 1. The van der Waals surface area contributed by atoms with Crippen molar-refractivity contribution in [3.63, 3.8) is 0 Å². The summed E-state index contributed by atoms with van der Waals surface area (Å²) in [7, 11) is -4.30. The number of para-hydroxylation sites is 1. The summed E-state index contributed by atoms with van der Waals surface area (Å²) in [5.74, 6) is -1.85. The third kappa shape index (κ3) is 3.52. The number of aliphatic carboxylic acids is 1. The minimum Gasteiger partial charge on any atom is -0.480 e. The van der Waals surface area contributed by atoms with Crippen molar-refractivity contribution in [1.29, 1.82) is 0 Å². The van der Waals surface area contributed by atoms with Crippen molar-refractivity contribution >= 4 is 21.7 Å². The van der Waals surface area contributed by atoms with Gasteiger partial charge >= 0.3 is 5.97 Å². The summed E-state index contributed by atoms with van der Waals surface area (Å²) in [6, 6.07) is 3.39. The number of carboxylic acid groups (broad SMARTS) is 1. The van der Waals surface area contributed by atoms with Crippen LogP contribution < -0.4 is 4.72 Å². The van der Waals surface area contributed by atoms with E-state index in [0.29, 0.717) is 0 Å². The highest BCUT2D eigenvalue weighted by atomic mass is 32.2. The molecule has 9 heteroatoms. The number of carbonyl (C=O) groups is 1. The Bertz CT molecular complexity index is 626. The molecule has 1 aromatic rings. The van der Waals surface area contributed by atoms with Gasteiger partial charge in [-0.1, -0.05) is 26.0 Å². The molecule has 0 heterocycles. The van der Waals surface area contributed by atoms with E-state index in [4.69, 9.17) is 5.11 Å². The third-order valence-corrected chi connectivity index (χ3v) is 4.05. The summed E-state index contributed by atoms with van der Waals surface area (Å²) in [6.07, 6.45) is 0. The zero-order valence-corrected chi connectivity index (χ0v) is 11.6. The highest BCUT2D eigenvalue weighted by Gasteiger charge is 2.31. The van der Waals surface area contributed by atoms with Gasteiger partial charge < -0.3 is 5.11 Å². The van der Waals surface area contributed by atoms with Crippen molar-refractivity contribution in [1.82, 2.24) is 4.72 Å². The first-order valence-corrected chi connectivity index (χ1v) is 7.13. The Morgan fingerprint density at radius 3 is 2.35 bits per heavy atom. The van der Waals surface area contributed by atoms with E-state index in [2.05, 4.69) is 0 Å². The molecule has 8 nitrogen and oxygen atoms in total. The first kappa shape index (κ1) is 16.1. The quantitative estimate of drug-likeness (QED) is 0.595.